The summed E-state index contributed by atoms with van der Waals surface area (Å²) in [7, 11) is -4.32. The number of allylic oxidation sites excluding steroid dienone is 1. The van der Waals surface area contributed by atoms with Crippen LogP contribution in [-0.2, 0) is 10.1 Å². The fourth-order valence-electron chi connectivity index (χ4n) is 2.49. The van der Waals surface area contributed by atoms with Crippen molar-refractivity contribution in [3.8, 4) is 11.5 Å². The standard InChI is InChI=1S/C17H16O5S/c1-11-7-8-17(23(18,19)20)13(9-11)12(2)16-10-21-14-5-3-4-6-15(14)22-16/h3-10,12H,1-2H3,(H,18,19,20). The number of ether oxygens (including phenoxy) is 2. The summed E-state index contributed by atoms with van der Waals surface area (Å²) in [5.41, 5.74) is 1.35. The van der Waals surface area contributed by atoms with Crippen molar-refractivity contribution in [2.24, 2.45) is 0 Å². The number of aryl methyl sites for hydroxylation is 1. The first-order chi connectivity index (χ1) is 10.9. The normalized spacial score (nSPS) is 15.0. The topological polar surface area (TPSA) is 72.8 Å². The van der Waals surface area contributed by atoms with Crippen molar-refractivity contribution < 1.29 is 22.4 Å². The number of hydrogen-bond donors (Lipinski definition) is 1. The summed E-state index contributed by atoms with van der Waals surface area (Å²) in [4.78, 5) is -0.126. The van der Waals surface area contributed by atoms with Gasteiger partial charge in [-0.15, -0.1) is 0 Å². The highest BCUT2D eigenvalue weighted by atomic mass is 32.2. The van der Waals surface area contributed by atoms with E-state index < -0.39 is 16.0 Å². The molecule has 0 spiro atoms. The van der Waals surface area contributed by atoms with Crippen LogP contribution >= 0.6 is 0 Å². The van der Waals surface area contributed by atoms with E-state index in [1.807, 2.05) is 19.1 Å². The van der Waals surface area contributed by atoms with Gasteiger partial charge in [0.25, 0.3) is 10.1 Å². The molecular formula is C17H16O5S. The Balaban J connectivity index is 2.01. The lowest BCUT2D eigenvalue weighted by atomic mass is 9.97. The summed E-state index contributed by atoms with van der Waals surface area (Å²) in [6.07, 6.45) is 1.46. The van der Waals surface area contributed by atoms with E-state index in [9.17, 15) is 13.0 Å². The first-order valence-electron chi connectivity index (χ1n) is 7.08. The van der Waals surface area contributed by atoms with E-state index in [0.29, 0.717) is 22.8 Å². The molecule has 1 atom stereocenters. The van der Waals surface area contributed by atoms with Crippen LogP contribution in [0.2, 0.25) is 0 Å². The van der Waals surface area contributed by atoms with Crippen LogP contribution in [0.15, 0.2) is 59.4 Å². The second-order valence-corrected chi connectivity index (χ2v) is 6.81. The molecule has 5 nitrogen and oxygen atoms in total. The van der Waals surface area contributed by atoms with Crippen LogP contribution in [0.4, 0.5) is 0 Å². The van der Waals surface area contributed by atoms with Gasteiger partial charge in [-0.05, 0) is 30.7 Å². The van der Waals surface area contributed by atoms with Crippen LogP contribution in [0.5, 0.6) is 11.5 Å². The minimum Gasteiger partial charge on any atom is -0.458 e. The lowest BCUT2D eigenvalue weighted by molar-refractivity contribution is 0.304. The molecule has 2 aromatic rings. The van der Waals surface area contributed by atoms with Crippen LogP contribution in [-0.4, -0.2) is 13.0 Å². The second-order valence-electron chi connectivity index (χ2n) is 5.42. The predicted molar refractivity (Wildman–Crippen MR) is 85.2 cm³/mol. The van der Waals surface area contributed by atoms with Gasteiger partial charge in [-0.2, -0.15) is 8.42 Å². The SMILES string of the molecule is Cc1ccc(S(=O)(=O)O)c(C(C)C2=COc3ccccc3O2)c1. The molecule has 6 heteroatoms. The van der Waals surface area contributed by atoms with Gasteiger partial charge in [-0.3, -0.25) is 4.55 Å². The smallest absolute Gasteiger partial charge is 0.294 e. The molecule has 120 valence electrons. The molecule has 0 fully saturated rings. The maximum atomic E-state index is 11.6. The molecule has 0 bridgehead atoms. The molecule has 1 heterocycles. The van der Waals surface area contributed by atoms with Crippen molar-refractivity contribution in [2.45, 2.75) is 24.7 Å². The number of hydrogen-bond acceptors (Lipinski definition) is 4. The van der Waals surface area contributed by atoms with E-state index in [-0.39, 0.29) is 4.90 Å². The Labute approximate surface area is 134 Å². The molecular weight excluding hydrogens is 316 g/mol. The molecule has 3 rings (SSSR count). The van der Waals surface area contributed by atoms with Crippen molar-refractivity contribution in [2.75, 3.05) is 0 Å². The number of benzene rings is 2. The first-order valence-corrected chi connectivity index (χ1v) is 8.52. The largest absolute Gasteiger partial charge is 0.458 e. The highest BCUT2D eigenvalue weighted by molar-refractivity contribution is 7.85. The van der Waals surface area contributed by atoms with Gasteiger partial charge >= 0.3 is 0 Å². The van der Waals surface area contributed by atoms with Gasteiger partial charge in [0.2, 0.25) is 0 Å². The maximum Gasteiger partial charge on any atom is 0.294 e. The Morgan fingerprint density at radius 3 is 2.48 bits per heavy atom. The fraction of sp³-hybridized carbons (Fsp3) is 0.176. The molecule has 0 amide bonds. The molecule has 1 unspecified atom stereocenters. The van der Waals surface area contributed by atoms with Crippen LogP contribution < -0.4 is 9.47 Å². The van der Waals surface area contributed by atoms with Crippen molar-refractivity contribution in [1.82, 2.24) is 0 Å². The number of rotatable bonds is 3. The van der Waals surface area contributed by atoms with E-state index in [1.165, 1.54) is 12.3 Å². The molecule has 0 saturated heterocycles. The average molecular weight is 332 g/mol. The van der Waals surface area contributed by atoms with Crippen LogP contribution in [0.3, 0.4) is 0 Å². The Kier molecular flexibility index (Phi) is 3.87. The van der Waals surface area contributed by atoms with Gasteiger partial charge in [0.15, 0.2) is 11.5 Å². The number of para-hydroxylation sites is 2. The maximum absolute atomic E-state index is 11.6. The zero-order valence-electron chi connectivity index (χ0n) is 12.7. The minimum atomic E-state index is -4.32. The predicted octanol–water partition coefficient (Wildman–Crippen LogP) is 3.66. The average Bonchev–Trinajstić information content (AvgIpc) is 2.52. The highest BCUT2D eigenvalue weighted by Gasteiger charge is 2.26. The highest BCUT2D eigenvalue weighted by Crippen LogP contribution is 2.38. The Hall–Kier alpha value is -2.31. The van der Waals surface area contributed by atoms with Crippen LogP contribution in [0.1, 0.15) is 24.0 Å². The van der Waals surface area contributed by atoms with Gasteiger partial charge in [-0.1, -0.05) is 36.8 Å². The van der Waals surface area contributed by atoms with E-state index in [4.69, 9.17) is 9.47 Å². The van der Waals surface area contributed by atoms with Gasteiger partial charge < -0.3 is 9.47 Å². The minimum absolute atomic E-state index is 0.126. The quantitative estimate of drug-likeness (QED) is 0.869. The van der Waals surface area contributed by atoms with E-state index in [2.05, 4.69) is 0 Å². The van der Waals surface area contributed by atoms with Gasteiger partial charge in [0.1, 0.15) is 12.0 Å². The molecule has 23 heavy (non-hydrogen) atoms. The van der Waals surface area contributed by atoms with Gasteiger partial charge in [0, 0.05) is 5.92 Å². The van der Waals surface area contributed by atoms with Crippen molar-refractivity contribution >= 4 is 10.1 Å². The van der Waals surface area contributed by atoms with Crippen molar-refractivity contribution in [1.29, 1.82) is 0 Å². The zero-order chi connectivity index (χ0) is 16.6. The molecule has 1 N–H and O–H groups in total. The van der Waals surface area contributed by atoms with Crippen LogP contribution in [0.25, 0.3) is 0 Å². The number of fused-ring (bicyclic) bond motifs is 1. The Morgan fingerprint density at radius 2 is 1.78 bits per heavy atom. The van der Waals surface area contributed by atoms with Crippen LogP contribution in [0, 0.1) is 6.92 Å². The molecule has 1 aliphatic rings. The summed E-state index contributed by atoms with van der Waals surface area (Å²) in [5.74, 6) is 1.24. The van der Waals surface area contributed by atoms with Crippen molar-refractivity contribution in [3.63, 3.8) is 0 Å². The summed E-state index contributed by atoms with van der Waals surface area (Å²) in [6.45, 7) is 3.65. The molecule has 2 aromatic carbocycles. The second kappa shape index (κ2) is 5.72. The molecule has 0 aromatic heterocycles. The zero-order valence-corrected chi connectivity index (χ0v) is 13.5. The first kappa shape index (κ1) is 15.6. The van der Waals surface area contributed by atoms with E-state index >= 15 is 0 Å². The third kappa shape index (κ3) is 3.09. The van der Waals surface area contributed by atoms with Gasteiger partial charge in [-0.25, -0.2) is 0 Å². The third-order valence-electron chi connectivity index (χ3n) is 3.72. The lowest BCUT2D eigenvalue weighted by Gasteiger charge is -2.23. The van der Waals surface area contributed by atoms with Gasteiger partial charge in [0.05, 0.1) is 4.90 Å². The van der Waals surface area contributed by atoms with Crippen molar-refractivity contribution in [3.05, 3.63) is 65.6 Å². The Morgan fingerprint density at radius 1 is 1.09 bits per heavy atom. The summed E-state index contributed by atoms with van der Waals surface area (Å²) in [6, 6.07) is 12.0. The molecule has 0 saturated carbocycles. The lowest BCUT2D eigenvalue weighted by Crippen LogP contribution is -2.14. The summed E-state index contributed by atoms with van der Waals surface area (Å²) in [5, 5.41) is 0. The molecule has 0 aliphatic carbocycles. The van der Waals surface area contributed by atoms with E-state index in [1.54, 1.807) is 31.2 Å². The third-order valence-corrected chi connectivity index (χ3v) is 4.64. The van der Waals surface area contributed by atoms with E-state index in [0.717, 1.165) is 5.56 Å². The molecule has 1 aliphatic heterocycles. The summed E-state index contributed by atoms with van der Waals surface area (Å²) < 4.78 is 44.0. The Bertz CT molecular complexity index is 884. The summed E-state index contributed by atoms with van der Waals surface area (Å²) >= 11 is 0. The molecule has 0 radical (unpaired) electrons. The monoisotopic (exact) mass is 332 g/mol. The fourth-order valence-corrected chi connectivity index (χ4v) is 3.26.